The summed E-state index contributed by atoms with van der Waals surface area (Å²) >= 11 is 0. The number of aliphatic carboxylic acids is 4. The molecule has 3 heterocycles. The highest BCUT2D eigenvalue weighted by Crippen LogP contribution is 2.25. The molecule has 2 saturated heterocycles. The largest absolute Gasteiger partial charge is 0.508 e. The van der Waals surface area contributed by atoms with Crippen molar-refractivity contribution in [2.24, 2.45) is 5.73 Å². The Bertz CT molecular complexity index is 3410. The number of nitrogens with two attached hydrogens (primary N) is 1. The highest BCUT2D eigenvalue weighted by Gasteiger charge is 2.38. The van der Waals surface area contributed by atoms with Crippen molar-refractivity contribution in [2.75, 3.05) is 96.6 Å². The summed E-state index contributed by atoms with van der Waals surface area (Å²) in [5.74, 6) is -14.0. The molecule has 0 bridgehead atoms. The summed E-state index contributed by atoms with van der Waals surface area (Å²) in [5, 5.41) is 92.4. The van der Waals surface area contributed by atoms with E-state index in [9.17, 15) is 78.9 Å². The van der Waals surface area contributed by atoms with Gasteiger partial charge < -0.3 is 89.0 Å². The third kappa shape index (κ3) is 26.6. The van der Waals surface area contributed by atoms with Gasteiger partial charge in [-0.3, -0.25) is 72.3 Å². The van der Waals surface area contributed by atoms with Crippen LogP contribution in [0.4, 0.5) is 0 Å². The average molecular weight is 1440 g/mol. The first kappa shape index (κ1) is 80.0. The number of carbonyl (C=O) groups excluding carboxylic acids is 8. The maximum atomic E-state index is 15.3. The number of aliphatic hydroxyl groups is 2. The van der Waals surface area contributed by atoms with Crippen molar-refractivity contribution < 1.29 is 93.3 Å². The number of amides is 8. The Hall–Kier alpha value is -8.94. The number of phenols is 1. The average Bonchev–Trinajstić information content (AvgIpc) is 1.59. The molecule has 33 nitrogen and oxygen atoms in total. The fourth-order valence-corrected chi connectivity index (χ4v) is 13.4. The minimum Gasteiger partial charge on any atom is -0.508 e. The first-order chi connectivity index (χ1) is 47.7. The number of aromatic nitrogens is 1. The number of aromatic amines is 1. The minimum absolute atomic E-state index is 0.0426. The second-order valence-corrected chi connectivity index (χ2v) is 27.0. The van der Waals surface area contributed by atoms with E-state index in [2.05, 4.69) is 47.5 Å². The van der Waals surface area contributed by atoms with Crippen molar-refractivity contribution in [3.05, 3.63) is 102 Å². The summed E-state index contributed by atoms with van der Waals surface area (Å²) in [7, 11) is 1.66. The number of rotatable bonds is 26. The van der Waals surface area contributed by atoms with Crippen LogP contribution in [0.1, 0.15) is 49.8 Å². The van der Waals surface area contributed by atoms with Crippen LogP contribution in [0.5, 0.6) is 5.75 Å². The Morgan fingerprint density at radius 2 is 1.10 bits per heavy atom. The van der Waals surface area contributed by atoms with Gasteiger partial charge in [-0.2, -0.15) is 0 Å². The van der Waals surface area contributed by atoms with Crippen molar-refractivity contribution in [1.82, 2.24) is 67.1 Å². The maximum absolute atomic E-state index is 15.3. The first-order valence-electron chi connectivity index (χ1n) is 32.5. The van der Waals surface area contributed by atoms with Crippen molar-refractivity contribution in [3.8, 4) is 5.75 Å². The summed E-state index contributed by atoms with van der Waals surface area (Å²) in [6, 6.07) is 7.92. The second kappa shape index (κ2) is 40.3. The molecule has 10 atom stereocenters. The van der Waals surface area contributed by atoms with Gasteiger partial charge in [-0.25, -0.2) is 4.79 Å². The van der Waals surface area contributed by atoms with Gasteiger partial charge in [0.15, 0.2) is 6.04 Å². The molecule has 100 heavy (non-hydrogen) atoms. The Balaban J connectivity index is 1.41. The van der Waals surface area contributed by atoms with Crippen molar-refractivity contribution >= 4 is 104 Å². The third-order valence-electron chi connectivity index (χ3n) is 16.6. The predicted octanol–water partition coefficient (Wildman–Crippen LogP) is -3.37. The molecule has 4 aromatic rings. The van der Waals surface area contributed by atoms with E-state index in [0.29, 0.717) is 34.0 Å². The molecule has 2 aliphatic heterocycles. The lowest BCUT2D eigenvalue weighted by Crippen LogP contribution is -2.62. The molecule has 0 saturated carbocycles. The van der Waals surface area contributed by atoms with Crippen LogP contribution in [0, 0.1) is 0 Å². The summed E-state index contributed by atoms with van der Waals surface area (Å²) in [6.45, 7) is 1.38. The molecule has 18 N–H and O–H groups in total. The molecular weight excluding hydrogens is 1340 g/mol. The zero-order valence-electron chi connectivity index (χ0n) is 55.4. The Kier molecular flexibility index (Phi) is 32.3. The van der Waals surface area contributed by atoms with E-state index < -0.39 is 163 Å². The van der Waals surface area contributed by atoms with Gasteiger partial charge in [0.1, 0.15) is 48.0 Å². The van der Waals surface area contributed by atoms with Crippen LogP contribution in [0.25, 0.3) is 10.9 Å². The Labute approximate surface area is 584 Å². The molecule has 4 unspecified atom stereocenters. The lowest BCUT2D eigenvalue weighted by Gasteiger charge is -2.33. The van der Waals surface area contributed by atoms with Crippen molar-refractivity contribution in [3.63, 3.8) is 0 Å². The smallest absolute Gasteiger partial charge is 0.328 e. The normalized spacial score (nSPS) is 21.9. The zero-order chi connectivity index (χ0) is 73.0. The number of unbranched alkanes of at least 4 members (excludes halogenated alkanes) is 1. The number of H-pyrrole nitrogens is 1. The molecule has 546 valence electrons. The first-order valence-corrected chi connectivity index (χ1v) is 35.0. The molecule has 0 spiro atoms. The third-order valence-corrected chi connectivity index (χ3v) is 19.0. The van der Waals surface area contributed by atoms with Gasteiger partial charge >= 0.3 is 23.9 Å². The lowest BCUT2D eigenvalue weighted by atomic mass is 10.0. The quantitative estimate of drug-likeness (QED) is 0.0215. The molecule has 0 radical (unpaired) electrons. The number of aliphatic hydroxyl groups excluding tert-OH is 2. The fraction of sp³-hybridized carbons (Fsp3) is 0.508. The summed E-state index contributed by atoms with van der Waals surface area (Å²) in [4.78, 5) is 176. The van der Waals surface area contributed by atoms with Crippen LogP contribution in [-0.4, -0.2) is 289 Å². The van der Waals surface area contributed by atoms with E-state index in [1.54, 1.807) is 80.4 Å². The molecule has 6 rings (SSSR count). The van der Waals surface area contributed by atoms with Crippen LogP contribution in [0.15, 0.2) is 85.1 Å². The van der Waals surface area contributed by atoms with Gasteiger partial charge in [0.05, 0.1) is 38.4 Å². The number of nitrogens with zero attached hydrogens (tertiary/aromatic N) is 4. The van der Waals surface area contributed by atoms with E-state index in [1.165, 1.54) is 24.3 Å². The summed E-state index contributed by atoms with van der Waals surface area (Å²) in [6.07, 6.45) is -1.92. The van der Waals surface area contributed by atoms with Gasteiger partial charge in [-0.05, 0) is 74.5 Å². The van der Waals surface area contributed by atoms with Crippen LogP contribution >= 0.6 is 21.6 Å². The molecule has 0 aliphatic carbocycles. The highest BCUT2D eigenvalue weighted by atomic mass is 33.1. The van der Waals surface area contributed by atoms with E-state index in [-0.39, 0.29) is 103 Å². The standard InChI is InChI=1S/C65H90N14O19S2/c1-38(80)56-64(96)73-51(63(95)75-57(39(2)81)65(97)98)37-100-99-36-50(72-59(91)47(28-40-10-4-3-5-11-40)68-52(83)32-76-20-22-77(33-53(84)85)24-26-79(35-55(88)89)27-25-78(23-21-76)34-54(86)87)62(94)70-48(29-41-15-17-43(82)18-16-41)60(92)71-49(30-42-31-67-45-13-7-6-12-44(42)45)61(93)69-46(58(90)74-56)14-8-9-19-66/h3-7,10-13,15-18,31,38-39,46-51,56-57,67,80-82H,8-9,14,19-30,32-37,66H2,1-2H3,(H,68,83)(H,69,93)(H,70,94)(H,71,92)(H,72,91)(H,73,96)(H,74,90)(H,75,95)(H,84,85)(H,86,87)(H,88,89)(H,97,98)/t38-,39+,46?,47-,48?,49-,50?,51+,56?,57+/m1/s1. The van der Waals surface area contributed by atoms with Crippen LogP contribution in [0.2, 0.25) is 0 Å². The Morgan fingerprint density at radius 3 is 1.65 bits per heavy atom. The van der Waals surface area contributed by atoms with Gasteiger partial charge in [0.2, 0.25) is 47.3 Å². The number of carbonyl (C=O) groups is 12. The van der Waals surface area contributed by atoms with E-state index in [1.807, 2.05) is 0 Å². The second-order valence-electron chi connectivity index (χ2n) is 24.5. The number of phenolic OH excluding ortho intramolecular Hbond substituents is 1. The summed E-state index contributed by atoms with van der Waals surface area (Å²) in [5.41, 5.74) is 7.96. The van der Waals surface area contributed by atoms with Gasteiger partial charge in [0, 0.05) is 100 Å². The number of nitrogens with one attached hydrogen (secondary N) is 9. The number of hydrogen-bond donors (Lipinski definition) is 17. The number of hydrogen-bond acceptors (Lipinski definition) is 22. The molecule has 8 amide bonds. The SMILES string of the molecule is C[C@H](O)[C@H](NC(=O)[C@@H]1CSSCC(NC(=O)[C@@H](Cc2ccccc2)NC(=O)CN2CCN(CC(=O)O)CCN(CC(=O)O)CCN(CC(=O)O)CC2)C(=O)NC(Cc2ccc(O)cc2)C(=O)N[C@H](Cc2c[nH]c3ccccc23)C(=O)NC(CCCCN)C(=O)NC([C@@H](C)O)C(=O)N1)C(=O)O. The van der Waals surface area contributed by atoms with Crippen LogP contribution < -0.4 is 48.3 Å². The van der Waals surface area contributed by atoms with Crippen LogP contribution in [-0.2, 0) is 76.8 Å². The predicted molar refractivity (Wildman–Crippen MR) is 367 cm³/mol. The fourth-order valence-electron chi connectivity index (χ4n) is 11.1. The maximum Gasteiger partial charge on any atom is 0.328 e. The zero-order valence-corrected chi connectivity index (χ0v) is 57.1. The number of fused-ring (bicyclic) bond motifs is 1. The highest BCUT2D eigenvalue weighted by molar-refractivity contribution is 8.76. The van der Waals surface area contributed by atoms with Crippen molar-refractivity contribution in [2.45, 2.75) is 113 Å². The Morgan fingerprint density at radius 1 is 0.580 bits per heavy atom. The van der Waals surface area contributed by atoms with Gasteiger partial charge in [-0.15, -0.1) is 0 Å². The molecule has 2 fully saturated rings. The topological polar surface area (TPSA) is 497 Å². The van der Waals surface area contributed by atoms with Gasteiger partial charge in [-0.1, -0.05) is 82.3 Å². The molecule has 3 aromatic carbocycles. The van der Waals surface area contributed by atoms with Crippen molar-refractivity contribution in [1.29, 1.82) is 0 Å². The summed E-state index contributed by atoms with van der Waals surface area (Å²) < 4.78 is 0. The molecule has 35 heteroatoms. The van der Waals surface area contributed by atoms with E-state index in [4.69, 9.17) is 5.73 Å². The number of carboxylic acid groups (broad SMARTS) is 4. The number of aromatic hydroxyl groups is 1. The van der Waals surface area contributed by atoms with E-state index >= 15 is 14.4 Å². The van der Waals surface area contributed by atoms with Crippen LogP contribution in [0.3, 0.4) is 0 Å². The molecule has 2 aliphatic rings. The monoisotopic (exact) mass is 1430 g/mol. The minimum atomic E-state index is -1.91. The number of para-hydroxylation sites is 1. The molecule has 1 aromatic heterocycles. The number of carboxylic acids is 4. The van der Waals surface area contributed by atoms with Gasteiger partial charge in [0.25, 0.3) is 0 Å². The number of benzene rings is 3. The lowest BCUT2D eigenvalue weighted by molar-refractivity contribution is -0.145. The molecular formula is C65H90N14O19S2. The van der Waals surface area contributed by atoms with E-state index in [0.717, 1.165) is 35.4 Å².